The van der Waals surface area contributed by atoms with Gasteiger partial charge in [0.15, 0.2) is 0 Å². The second-order valence-electron chi connectivity index (χ2n) is 7.64. The van der Waals surface area contributed by atoms with Crippen LogP contribution in [0.2, 0.25) is 0 Å². The summed E-state index contributed by atoms with van der Waals surface area (Å²) in [4.78, 5) is 28.1. The van der Waals surface area contributed by atoms with Gasteiger partial charge in [-0.2, -0.15) is 12.5 Å². The number of nitrogens with zero attached hydrogens (tertiary/aromatic N) is 1. The van der Waals surface area contributed by atoms with Gasteiger partial charge in [-0.1, -0.05) is 26.4 Å². The van der Waals surface area contributed by atoms with Gasteiger partial charge in [0.25, 0.3) is 0 Å². The van der Waals surface area contributed by atoms with Crippen LogP contribution in [0, 0.1) is 44.0 Å². The number of phenolic OH excluding ortho intramolecular Hbond substituents is 1. The molecular weight excluding hydrogens is 616 g/mol. The fraction of sp³-hybridized carbons (Fsp3) is 0.360. The molecule has 162 valence electrons. The number of rotatable bonds is 9. The van der Waals surface area contributed by atoms with Gasteiger partial charge in [0.1, 0.15) is 5.75 Å². The van der Waals surface area contributed by atoms with E-state index in [0.29, 0.717) is 11.5 Å². The van der Waals surface area contributed by atoms with Crippen LogP contribution in [-0.4, -0.2) is 35.4 Å². The molecule has 2 unspecified atom stereocenters. The summed E-state index contributed by atoms with van der Waals surface area (Å²) in [5, 5.41) is 10.7. The molecule has 0 saturated carbocycles. The van der Waals surface area contributed by atoms with Crippen LogP contribution in [0.5, 0.6) is 5.75 Å². The third kappa shape index (κ3) is 6.81. The molecule has 6 heteroatoms. The summed E-state index contributed by atoms with van der Waals surface area (Å²) < 4.78 is 5.20. The number of carbonyl (C=O) groups excluding carboxylic acids is 2. The summed E-state index contributed by atoms with van der Waals surface area (Å²) in [7, 11) is 1.39. The van der Waals surface area contributed by atoms with E-state index in [1.807, 2.05) is 19.3 Å². The Balaban J connectivity index is 0.00000480. The Morgan fingerprint density at radius 2 is 2.00 bits per heavy atom. The molecule has 1 aromatic carbocycles. The monoisotopic (exact) mass is 645 g/mol. The molecule has 0 aliphatic heterocycles. The molecule has 0 aliphatic carbocycles. The second-order valence-corrected chi connectivity index (χ2v) is 7.64. The average molecular weight is 646 g/mol. The summed E-state index contributed by atoms with van der Waals surface area (Å²) in [5.74, 6) is 0.392. The minimum atomic E-state index is -1.01. The Kier molecular flexibility index (Phi) is 10.7. The van der Waals surface area contributed by atoms with E-state index in [1.54, 1.807) is 24.3 Å². The van der Waals surface area contributed by atoms with Crippen LogP contribution in [0.3, 0.4) is 0 Å². The quantitative estimate of drug-likeness (QED) is 0.242. The van der Waals surface area contributed by atoms with Gasteiger partial charge in [0, 0.05) is 18.3 Å². The van der Waals surface area contributed by atoms with Crippen LogP contribution in [0.15, 0.2) is 41.5 Å². The van der Waals surface area contributed by atoms with E-state index in [1.165, 1.54) is 14.0 Å². The number of allylic oxidation sites excluding steroid dienone is 2. The number of methoxy groups -OCH3 is 1. The molecule has 0 saturated heterocycles. The Hall–Kier alpha value is -1.87. The Bertz CT molecular complexity index is 1010. The molecule has 2 atom stereocenters. The van der Waals surface area contributed by atoms with Crippen molar-refractivity contribution in [2.24, 2.45) is 5.92 Å². The molecule has 0 amide bonds. The first kappa shape index (κ1) is 27.2. The van der Waals surface area contributed by atoms with Gasteiger partial charge in [-0.15, -0.1) is 11.6 Å². The molecule has 1 N–H and O–H groups in total. The first-order valence-corrected chi connectivity index (χ1v) is 10.0. The van der Waals surface area contributed by atoms with E-state index >= 15 is 0 Å². The number of phenols is 1. The average Bonchev–Trinajstić information content (AvgIpc) is 2.72. The number of Topliss-reactive ketones (excluding diaryl/α,β-unsaturated/α-hetero) is 1. The molecule has 0 spiro atoms. The number of ketones is 1. The van der Waals surface area contributed by atoms with Gasteiger partial charge < -0.3 is 19.4 Å². The minimum absolute atomic E-state index is 0. The maximum atomic E-state index is 11.9. The van der Waals surface area contributed by atoms with Gasteiger partial charge in [0.05, 0.1) is 11.2 Å². The zero-order valence-electron chi connectivity index (χ0n) is 18.8. The predicted octanol–water partition coefficient (Wildman–Crippen LogP) is 4.78. The second kappa shape index (κ2) is 12.2. The van der Waals surface area contributed by atoms with Gasteiger partial charge in [-0.05, 0) is 61.6 Å². The van der Waals surface area contributed by atoms with Crippen LogP contribution in [0.4, 0.5) is 0 Å². The fourth-order valence-corrected chi connectivity index (χ4v) is 3.29. The predicted molar refractivity (Wildman–Crippen MR) is 120 cm³/mol. The van der Waals surface area contributed by atoms with Crippen LogP contribution >= 0.6 is 0 Å². The molecular formula is C25H29NO4U. The topological polar surface area (TPSA) is 76.5 Å². The zero-order valence-corrected chi connectivity index (χ0v) is 22.9. The van der Waals surface area contributed by atoms with Crippen molar-refractivity contribution in [3.8, 4) is 5.75 Å². The van der Waals surface area contributed by atoms with Crippen molar-refractivity contribution in [2.45, 2.75) is 46.6 Å². The zero-order chi connectivity index (χ0) is 22.4. The third-order valence-corrected chi connectivity index (χ3v) is 5.29. The van der Waals surface area contributed by atoms with Gasteiger partial charge in [-0.3, -0.25) is 0 Å². The number of benzene rings is 1. The van der Waals surface area contributed by atoms with Crippen LogP contribution < -0.4 is 0 Å². The number of ether oxygens (including phenoxy) is 1. The third-order valence-electron chi connectivity index (χ3n) is 5.29. The van der Waals surface area contributed by atoms with Crippen molar-refractivity contribution in [1.29, 1.82) is 0 Å². The van der Waals surface area contributed by atoms with Gasteiger partial charge >= 0.3 is 31.1 Å². The maximum absolute atomic E-state index is 11.9. The fourth-order valence-electron chi connectivity index (χ4n) is 3.29. The maximum Gasteiger partial charge on any atom is 2.00 e. The smallest absolute Gasteiger partial charge is 0.540 e. The molecule has 2 rings (SSSR count). The van der Waals surface area contributed by atoms with Crippen molar-refractivity contribution in [2.75, 3.05) is 7.11 Å². The number of aromatic nitrogens is 1. The molecule has 2 aromatic rings. The Morgan fingerprint density at radius 3 is 2.55 bits per heavy atom. The molecule has 0 fully saturated rings. The number of hydrogen-bond acceptors (Lipinski definition) is 5. The van der Waals surface area contributed by atoms with E-state index in [-0.39, 0.29) is 48.2 Å². The Morgan fingerprint density at radius 1 is 1.32 bits per heavy atom. The van der Waals surface area contributed by atoms with Gasteiger partial charge in [0.2, 0.25) is 0 Å². The SMILES string of the molecule is [CH2-]/C(C(C)=O)=C(/C=C(\C)c1nc2ccc(O)cc2cc1CC(C)CC)C([C-]=O)OC.[U+2]. The molecule has 31 heavy (non-hydrogen) atoms. The summed E-state index contributed by atoms with van der Waals surface area (Å²) in [6.07, 6.45) is 4.38. The first-order valence-electron chi connectivity index (χ1n) is 10.0. The van der Waals surface area contributed by atoms with Crippen molar-refractivity contribution >= 4 is 28.5 Å². The van der Waals surface area contributed by atoms with Crippen molar-refractivity contribution in [3.05, 3.63) is 59.7 Å². The van der Waals surface area contributed by atoms with E-state index in [0.717, 1.165) is 40.6 Å². The first-order chi connectivity index (χ1) is 14.2. The van der Waals surface area contributed by atoms with E-state index in [9.17, 15) is 14.7 Å². The summed E-state index contributed by atoms with van der Waals surface area (Å²) >= 11 is 0. The van der Waals surface area contributed by atoms with Crippen molar-refractivity contribution in [1.82, 2.24) is 4.98 Å². The van der Waals surface area contributed by atoms with E-state index < -0.39 is 6.10 Å². The summed E-state index contributed by atoms with van der Waals surface area (Å²) in [6, 6.07) is 7.11. The largest absolute Gasteiger partial charge is 2.00 e. The summed E-state index contributed by atoms with van der Waals surface area (Å²) in [5.41, 5.74) is 3.94. The van der Waals surface area contributed by atoms with Crippen LogP contribution in [0.1, 0.15) is 45.4 Å². The number of aromatic hydroxyl groups is 1. The minimum Gasteiger partial charge on any atom is -0.540 e. The Labute approximate surface area is 208 Å². The number of pyridine rings is 1. The van der Waals surface area contributed by atoms with Crippen LogP contribution in [0.25, 0.3) is 16.5 Å². The number of carbonyl (C=O) groups is 1. The molecule has 1 aromatic heterocycles. The molecule has 1 heterocycles. The van der Waals surface area contributed by atoms with Crippen LogP contribution in [-0.2, 0) is 20.7 Å². The molecule has 5 nitrogen and oxygen atoms in total. The van der Waals surface area contributed by atoms with Gasteiger partial charge in [-0.25, -0.2) is 11.3 Å². The van der Waals surface area contributed by atoms with E-state index in [2.05, 4.69) is 20.8 Å². The van der Waals surface area contributed by atoms with E-state index in [4.69, 9.17) is 9.72 Å². The molecule has 0 aliphatic rings. The standard InChI is InChI=1S/C25H29NO4.U/c1-7-15(2)10-20-12-19-13-21(29)8-9-23(19)26-25(20)16(3)11-22(17(4)18(5)28)24(14-27)30-6;/h8-9,11-13,15,24,29H,4,7,10H2,1-3,5-6H3;/q-2;+2/b16-11+,22-17+;. The van der Waals surface area contributed by atoms with Crippen molar-refractivity contribution < 1.29 is 50.5 Å². The summed E-state index contributed by atoms with van der Waals surface area (Å²) in [6.45, 7) is 11.4. The number of hydrogen-bond donors (Lipinski definition) is 1. The number of fused-ring (bicyclic) bond motifs is 1. The molecule has 0 bridgehead atoms. The molecule has 0 radical (unpaired) electrons. The normalized spacial score (nSPS) is 14.4. The van der Waals surface area contributed by atoms with Crippen molar-refractivity contribution in [3.63, 3.8) is 0 Å².